The predicted octanol–water partition coefficient (Wildman–Crippen LogP) is 3.25. The van der Waals surface area contributed by atoms with Crippen molar-refractivity contribution < 1.29 is 4.79 Å². The molecule has 1 aromatic rings. The minimum absolute atomic E-state index is 0.101. The summed E-state index contributed by atoms with van der Waals surface area (Å²) >= 11 is 11.9. The number of rotatable bonds is 3. The fraction of sp³-hybridized carbons (Fsp3) is 0.500. The molecule has 0 aliphatic carbocycles. The number of amides is 1. The van der Waals surface area contributed by atoms with Gasteiger partial charge in [0.2, 0.25) is 5.91 Å². The molecule has 1 amide bonds. The maximum atomic E-state index is 12.1. The van der Waals surface area contributed by atoms with Gasteiger partial charge < -0.3 is 11.1 Å². The number of piperidine rings is 1. The quantitative estimate of drug-likeness (QED) is 0.842. The van der Waals surface area contributed by atoms with Crippen LogP contribution in [0.3, 0.4) is 0 Å². The third kappa shape index (κ3) is 4.01. The van der Waals surface area contributed by atoms with Crippen molar-refractivity contribution >= 4 is 40.5 Å². The lowest BCUT2D eigenvalue weighted by molar-refractivity contribution is -0.117. The molecule has 2 rings (SSSR count). The topological polar surface area (TPSA) is 58.4 Å². The van der Waals surface area contributed by atoms with E-state index in [1.165, 1.54) is 0 Å². The highest BCUT2D eigenvalue weighted by Crippen LogP contribution is 2.32. The van der Waals surface area contributed by atoms with Crippen LogP contribution in [0.25, 0.3) is 0 Å². The molecule has 20 heavy (non-hydrogen) atoms. The highest BCUT2D eigenvalue weighted by atomic mass is 35.5. The van der Waals surface area contributed by atoms with Crippen LogP contribution >= 0.6 is 23.2 Å². The first-order valence-corrected chi connectivity index (χ1v) is 7.48. The lowest BCUT2D eigenvalue weighted by atomic mass is 9.99. The maximum Gasteiger partial charge on any atom is 0.238 e. The van der Waals surface area contributed by atoms with Crippen molar-refractivity contribution in [2.45, 2.75) is 19.8 Å². The van der Waals surface area contributed by atoms with E-state index in [4.69, 9.17) is 28.9 Å². The minimum atomic E-state index is -0.101. The predicted molar refractivity (Wildman–Crippen MR) is 84.3 cm³/mol. The SMILES string of the molecule is CC1CCN(CC(=O)Nc2c(N)cc(Cl)cc2Cl)CC1. The van der Waals surface area contributed by atoms with Crippen LogP contribution in [0.5, 0.6) is 0 Å². The zero-order valence-electron chi connectivity index (χ0n) is 11.5. The third-order valence-electron chi connectivity index (χ3n) is 3.59. The Labute approximate surface area is 129 Å². The summed E-state index contributed by atoms with van der Waals surface area (Å²) in [5.41, 5.74) is 6.64. The van der Waals surface area contributed by atoms with Crippen molar-refractivity contribution in [3.63, 3.8) is 0 Å². The molecule has 0 atom stereocenters. The van der Waals surface area contributed by atoms with E-state index in [0.717, 1.165) is 31.8 Å². The molecule has 0 bridgehead atoms. The smallest absolute Gasteiger partial charge is 0.238 e. The van der Waals surface area contributed by atoms with Crippen LogP contribution < -0.4 is 11.1 Å². The Hall–Kier alpha value is -0.970. The summed E-state index contributed by atoms with van der Waals surface area (Å²) in [6.07, 6.45) is 2.27. The first-order chi connectivity index (χ1) is 9.45. The van der Waals surface area contributed by atoms with Gasteiger partial charge in [-0.1, -0.05) is 30.1 Å². The van der Waals surface area contributed by atoms with Crippen molar-refractivity contribution in [3.8, 4) is 0 Å². The summed E-state index contributed by atoms with van der Waals surface area (Å²) in [5.74, 6) is 0.645. The minimum Gasteiger partial charge on any atom is -0.397 e. The number of nitrogens with zero attached hydrogens (tertiary/aromatic N) is 1. The molecule has 110 valence electrons. The molecule has 6 heteroatoms. The monoisotopic (exact) mass is 315 g/mol. The zero-order valence-corrected chi connectivity index (χ0v) is 13.0. The van der Waals surface area contributed by atoms with Crippen LogP contribution in [0.4, 0.5) is 11.4 Å². The van der Waals surface area contributed by atoms with Crippen LogP contribution in [-0.2, 0) is 4.79 Å². The average Bonchev–Trinajstić information content (AvgIpc) is 2.36. The van der Waals surface area contributed by atoms with Crippen molar-refractivity contribution in [2.24, 2.45) is 5.92 Å². The van der Waals surface area contributed by atoms with Crippen LogP contribution in [0.2, 0.25) is 10.0 Å². The summed E-state index contributed by atoms with van der Waals surface area (Å²) < 4.78 is 0. The third-order valence-corrected chi connectivity index (χ3v) is 4.11. The zero-order chi connectivity index (χ0) is 14.7. The Morgan fingerprint density at radius 3 is 2.65 bits per heavy atom. The number of benzene rings is 1. The van der Waals surface area contributed by atoms with Crippen molar-refractivity contribution in [2.75, 3.05) is 30.7 Å². The van der Waals surface area contributed by atoms with Gasteiger partial charge in [-0.25, -0.2) is 0 Å². The summed E-state index contributed by atoms with van der Waals surface area (Å²) in [7, 11) is 0. The number of nitrogen functional groups attached to an aromatic ring is 1. The molecule has 4 nitrogen and oxygen atoms in total. The van der Waals surface area contributed by atoms with Gasteiger partial charge in [-0.05, 0) is 44.0 Å². The van der Waals surface area contributed by atoms with Crippen molar-refractivity contribution in [1.29, 1.82) is 0 Å². The summed E-state index contributed by atoms with van der Waals surface area (Å²) in [5, 5.41) is 3.58. The molecule has 0 radical (unpaired) electrons. The number of nitrogens with two attached hydrogens (primary N) is 1. The number of anilines is 2. The Bertz CT molecular complexity index is 476. The number of hydrogen-bond acceptors (Lipinski definition) is 3. The standard InChI is InChI=1S/C14H19Cl2N3O/c1-9-2-4-19(5-3-9)8-13(20)18-14-11(16)6-10(15)7-12(14)17/h6-7,9H,2-5,8,17H2,1H3,(H,18,20). The van der Waals surface area contributed by atoms with Gasteiger partial charge in [-0.3, -0.25) is 9.69 Å². The van der Waals surface area contributed by atoms with Gasteiger partial charge in [-0.2, -0.15) is 0 Å². The second kappa shape index (κ2) is 6.66. The molecule has 0 unspecified atom stereocenters. The molecule has 0 saturated carbocycles. The number of nitrogens with one attached hydrogen (secondary N) is 1. The molecular formula is C14H19Cl2N3O. The largest absolute Gasteiger partial charge is 0.397 e. The van der Waals surface area contributed by atoms with E-state index in [-0.39, 0.29) is 5.91 Å². The fourth-order valence-electron chi connectivity index (χ4n) is 2.33. The Morgan fingerprint density at radius 1 is 1.40 bits per heavy atom. The van der Waals surface area contributed by atoms with E-state index >= 15 is 0 Å². The number of halogens is 2. The van der Waals surface area contributed by atoms with Gasteiger partial charge in [0.25, 0.3) is 0 Å². The molecule has 1 aliphatic rings. The van der Waals surface area contributed by atoms with Crippen LogP contribution in [0, 0.1) is 5.92 Å². The van der Waals surface area contributed by atoms with Crippen LogP contribution in [0.15, 0.2) is 12.1 Å². The highest BCUT2D eigenvalue weighted by molar-refractivity contribution is 6.37. The number of carbonyl (C=O) groups is 1. The second-order valence-corrected chi connectivity index (χ2v) is 6.20. The van der Waals surface area contributed by atoms with Gasteiger partial charge in [-0.15, -0.1) is 0 Å². The van der Waals surface area contributed by atoms with Crippen molar-refractivity contribution in [1.82, 2.24) is 4.90 Å². The van der Waals surface area contributed by atoms with E-state index in [0.29, 0.717) is 28.0 Å². The lowest BCUT2D eigenvalue weighted by Gasteiger charge is -2.29. The Kier molecular flexibility index (Phi) is 5.13. The van der Waals surface area contributed by atoms with Gasteiger partial charge in [0.05, 0.1) is 22.9 Å². The first kappa shape index (κ1) is 15.4. The summed E-state index contributed by atoms with van der Waals surface area (Å²) in [6.45, 7) is 4.52. The molecule has 0 spiro atoms. The van der Waals surface area contributed by atoms with Gasteiger partial charge in [0, 0.05) is 5.02 Å². The normalized spacial score (nSPS) is 17.1. The van der Waals surface area contributed by atoms with Crippen molar-refractivity contribution in [3.05, 3.63) is 22.2 Å². The molecule has 3 N–H and O–H groups in total. The highest BCUT2D eigenvalue weighted by Gasteiger charge is 2.19. The van der Waals surface area contributed by atoms with Gasteiger partial charge in [0.1, 0.15) is 0 Å². The molecule has 1 fully saturated rings. The first-order valence-electron chi connectivity index (χ1n) is 6.72. The number of carbonyl (C=O) groups excluding carboxylic acids is 1. The van der Waals surface area contributed by atoms with E-state index in [9.17, 15) is 4.79 Å². The van der Waals surface area contributed by atoms with E-state index in [1.807, 2.05) is 0 Å². The molecule has 0 aromatic heterocycles. The molecular weight excluding hydrogens is 297 g/mol. The number of likely N-dealkylation sites (tertiary alicyclic amines) is 1. The Morgan fingerprint density at radius 2 is 2.05 bits per heavy atom. The van der Waals surface area contributed by atoms with Crippen LogP contribution in [0.1, 0.15) is 19.8 Å². The Balaban J connectivity index is 1.95. The molecule has 1 heterocycles. The van der Waals surface area contributed by atoms with E-state index in [1.54, 1.807) is 12.1 Å². The molecule has 1 aromatic carbocycles. The van der Waals surface area contributed by atoms with E-state index in [2.05, 4.69) is 17.1 Å². The lowest BCUT2D eigenvalue weighted by Crippen LogP contribution is -2.38. The fourth-order valence-corrected chi connectivity index (χ4v) is 2.88. The average molecular weight is 316 g/mol. The van der Waals surface area contributed by atoms with Crippen LogP contribution in [-0.4, -0.2) is 30.4 Å². The summed E-state index contributed by atoms with van der Waals surface area (Å²) in [6, 6.07) is 3.14. The number of hydrogen-bond donors (Lipinski definition) is 2. The summed E-state index contributed by atoms with van der Waals surface area (Å²) in [4.78, 5) is 14.2. The molecule has 1 aliphatic heterocycles. The van der Waals surface area contributed by atoms with E-state index < -0.39 is 0 Å². The molecule has 1 saturated heterocycles. The van der Waals surface area contributed by atoms with Gasteiger partial charge >= 0.3 is 0 Å². The maximum absolute atomic E-state index is 12.1. The second-order valence-electron chi connectivity index (χ2n) is 5.36. The van der Waals surface area contributed by atoms with Gasteiger partial charge in [0.15, 0.2) is 0 Å².